The van der Waals surface area contributed by atoms with Crippen molar-refractivity contribution in [1.82, 2.24) is 0 Å². The Kier molecular flexibility index (Phi) is 5.26. The Hall–Kier alpha value is -3.70. The van der Waals surface area contributed by atoms with Gasteiger partial charge < -0.3 is 10.1 Å². The molecule has 28 heavy (non-hydrogen) atoms. The number of hydrogen-bond donors (Lipinski definition) is 1. The van der Waals surface area contributed by atoms with E-state index in [0.29, 0.717) is 0 Å². The Bertz CT molecular complexity index is 1140. The van der Waals surface area contributed by atoms with Crippen molar-refractivity contribution in [2.24, 2.45) is 0 Å². The van der Waals surface area contributed by atoms with E-state index in [9.17, 15) is 0 Å². The number of nitrogens with one attached hydrogen (secondary N) is 1. The largest absolute Gasteiger partial charge is 0.495 e. The number of para-hydroxylation sites is 2. The first-order valence-corrected chi connectivity index (χ1v) is 9.28. The van der Waals surface area contributed by atoms with Gasteiger partial charge in [-0.05, 0) is 46.7 Å². The molecule has 0 spiro atoms. The van der Waals surface area contributed by atoms with Crippen molar-refractivity contribution in [3.63, 3.8) is 0 Å². The van der Waals surface area contributed by atoms with Crippen LogP contribution in [-0.4, -0.2) is 7.11 Å². The van der Waals surface area contributed by atoms with Crippen LogP contribution in [0.5, 0.6) is 5.75 Å². The molecule has 1 unspecified atom stereocenters. The molecule has 1 N–H and O–H groups in total. The smallest absolute Gasteiger partial charge is 0.141 e. The van der Waals surface area contributed by atoms with E-state index in [1.807, 2.05) is 54.6 Å². The van der Waals surface area contributed by atoms with Gasteiger partial charge in [-0.25, -0.2) is 0 Å². The van der Waals surface area contributed by atoms with Gasteiger partial charge >= 0.3 is 0 Å². The van der Waals surface area contributed by atoms with E-state index in [0.717, 1.165) is 22.6 Å². The molecule has 2 heteroatoms. The van der Waals surface area contributed by atoms with Crippen LogP contribution in [0, 0.1) is 11.8 Å². The molecule has 0 fully saturated rings. The number of anilines is 1. The first kappa shape index (κ1) is 17.7. The third-order valence-electron chi connectivity index (χ3n) is 4.65. The highest BCUT2D eigenvalue weighted by Gasteiger charge is 2.12. The molecule has 0 saturated heterocycles. The third-order valence-corrected chi connectivity index (χ3v) is 4.65. The van der Waals surface area contributed by atoms with Crippen LogP contribution in [0.1, 0.15) is 17.2 Å². The fourth-order valence-corrected chi connectivity index (χ4v) is 3.19. The Labute approximate surface area is 165 Å². The fourth-order valence-electron chi connectivity index (χ4n) is 3.19. The SMILES string of the molecule is COc1ccccc1NC(C#Cc1ccccc1)c1ccc2ccccc2c1. The van der Waals surface area contributed by atoms with Gasteiger partial charge in [0.15, 0.2) is 0 Å². The van der Waals surface area contributed by atoms with Crippen molar-refractivity contribution in [2.75, 3.05) is 12.4 Å². The van der Waals surface area contributed by atoms with Crippen molar-refractivity contribution in [2.45, 2.75) is 6.04 Å². The molecule has 0 amide bonds. The Morgan fingerprint density at radius 1 is 0.750 bits per heavy atom. The second-order valence-electron chi connectivity index (χ2n) is 6.52. The van der Waals surface area contributed by atoms with Gasteiger partial charge in [0.05, 0.1) is 12.8 Å². The average molecular weight is 363 g/mol. The van der Waals surface area contributed by atoms with Gasteiger partial charge in [-0.3, -0.25) is 0 Å². The Morgan fingerprint density at radius 3 is 2.29 bits per heavy atom. The van der Waals surface area contributed by atoms with Crippen LogP contribution in [0.15, 0.2) is 97.1 Å². The van der Waals surface area contributed by atoms with Gasteiger partial charge in [-0.15, -0.1) is 0 Å². The zero-order valence-corrected chi connectivity index (χ0v) is 15.7. The van der Waals surface area contributed by atoms with Crippen LogP contribution in [0.2, 0.25) is 0 Å². The summed E-state index contributed by atoms with van der Waals surface area (Å²) < 4.78 is 5.50. The summed E-state index contributed by atoms with van der Waals surface area (Å²) in [7, 11) is 1.68. The van der Waals surface area contributed by atoms with Crippen LogP contribution in [0.3, 0.4) is 0 Å². The van der Waals surface area contributed by atoms with Gasteiger partial charge in [0.25, 0.3) is 0 Å². The number of benzene rings is 4. The standard InChI is InChI=1S/C26H21NO/c1-28-26-14-8-7-13-25(26)27-24(18-15-20-9-3-2-4-10-20)23-17-16-21-11-5-6-12-22(21)19-23/h2-14,16-17,19,24,27H,1H3. The molecule has 0 saturated carbocycles. The number of ether oxygens (including phenoxy) is 1. The minimum atomic E-state index is -0.166. The van der Waals surface area contributed by atoms with E-state index in [1.54, 1.807) is 7.11 Å². The Balaban J connectivity index is 1.75. The number of hydrogen-bond acceptors (Lipinski definition) is 2. The predicted octanol–water partition coefficient (Wildman–Crippen LogP) is 6.05. The summed E-state index contributed by atoms with van der Waals surface area (Å²) in [6.45, 7) is 0. The summed E-state index contributed by atoms with van der Waals surface area (Å²) in [5.41, 5.74) is 3.04. The second kappa shape index (κ2) is 8.33. The predicted molar refractivity (Wildman–Crippen MR) is 117 cm³/mol. The molecule has 0 heterocycles. The molecule has 2 nitrogen and oxygen atoms in total. The van der Waals surface area contributed by atoms with Gasteiger partial charge in [-0.2, -0.15) is 0 Å². The zero-order valence-electron chi connectivity index (χ0n) is 15.7. The molecular formula is C26H21NO. The number of fused-ring (bicyclic) bond motifs is 1. The van der Waals surface area contributed by atoms with Gasteiger partial charge in [0.2, 0.25) is 0 Å². The van der Waals surface area contributed by atoms with E-state index in [1.165, 1.54) is 10.8 Å². The summed E-state index contributed by atoms with van der Waals surface area (Å²) in [5.74, 6) is 7.50. The first-order valence-electron chi connectivity index (χ1n) is 9.28. The van der Waals surface area contributed by atoms with Crippen molar-refractivity contribution < 1.29 is 4.74 Å². The molecule has 0 bridgehead atoms. The number of methoxy groups -OCH3 is 1. The summed E-state index contributed by atoms with van der Waals surface area (Å²) in [6, 6.07) is 32.6. The molecule has 0 aliphatic rings. The van der Waals surface area contributed by atoms with E-state index < -0.39 is 0 Å². The molecule has 0 radical (unpaired) electrons. The summed E-state index contributed by atoms with van der Waals surface area (Å²) >= 11 is 0. The molecule has 0 aliphatic carbocycles. The van der Waals surface area contributed by atoms with E-state index in [2.05, 4.69) is 59.6 Å². The first-order chi connectivity index (χ1) is 13.8. The zero-order chi connectivity index (χ0) is 19.2. The second-order valence-corrected chi connectivity index (χ2v) is 6.52. The maximum absolute atomic E-state index is 5.50. The summed E-state index contributed by atoms with van der Waals surface area (Å²) in [5, 5.41) is 5.97. The van der Waals surface area contributed by atoms with Crippen LogP contribution in [-0.2, 0) is 0 Å². The van der Waals surface area contributed by atoms with E-state index in [-0.39, 0.29) is 6.04 Å². The van der Waals surface area contributed by atoms with E-state index >= 15 is 0 Å². The molecule has 4 rings (SSSR count). The molecular weight excluding hydrogens is 342 g/mol. The maximum Gasteiger partial charge on any atom is 0.141 e. The highest BCUT2D eigenvalue weighted by molar-refractivity contribution is 5.83. The lowest BCUT2D eigenvalue weighted by molar-refractivity contribution is 0.416. The molecule has 0 aliphatic heterocycles. The Morgan fingerprint density at radius 2 is 1.46 bits per heavy atom. The van der Waals surface area contributed by atoms with Crippen molar-refractivity contribution in [3.8, 4) is 17.6 Å². The highest BCUT2D eigenvalue weighted by atomic mass is 16.5. The van der Waals surface area contributed by atoms with Crippen LogP contribution in [0.25, 0.3) is 10.8 Å². The van der Waals surface area contributed by atoms with E-state index in [4.69, 9.17) is 4.74 Å². The van der Waals surface area contributed by atoms with Crippen LogP contribution >= 0.6 is 0 Å². The minimum Gasteiger partial charge on any atom is -0.495 e. The van der Waals surface area contributed by atoms with Crippen molar-refractivity contribution >= 4 is 16.5 Å². The quantitative estimate of drug-likeness (QED) is 0.445. The van der Waals surface area contributed by atoms with Gasteiger partial charge in [0.1, 0.15) is 11.8 Å². The fraction of sp³-hybridized carbons (Fsp3) is 0.0769. The van der Waals surface area contributed by atoms with Crippen molar-refractivity contribution in [1.29, 1.82) is 0 Å². The third kappa shape index (κ3) is 4.00. The lowest BCUT2D eigenvalue weighted by Crippen LogP contribution is -2.09. The minimum absolute atomic E-state index is 0.166. The maximum atomic E-state index is 5.50. The molecule has 4 aromatic rings. The lowest BCUT2D eigenvalue weighted by Gasteiger charge is -2.18. The highest BCUT2D eigenvalue weighted by Crippen LogP contribution is 2.29. The summed E-state index contributed by atoms with van der Waals surface area (Å²) in [4.78, 5) is 0. The molecule has 1 atom stereocenters. The molecule has 0 aromatic heterocycles. The van der Waals surface area contributed by atoms with Gasteiger partial charge in [0, 0.05) is 5.56 Å². The summed E-state index contributed by atoms with van der Waals surface area (Å²) in [6.07, 6.45) is 0. The monoisotopic (exact) mass is 363 g/mol. The van der Waals surface area contributed by atoms with Crippen LogP contribution in [0.4, 0.5) is 5.69 Å². The average Bonchev–Trinajstić information content (AvgIpc) is 2.77. The number of rotatable bonds is 4. The van der Waals surface area contributed by atoms with Gasteiger partial charge in [-0.1, -0.05) is 78.6 Å². The van der Waals surface area contributed by atoms with Crippen molar-refractivity contribution in [3.05, 3.63) is 108 Å². The topological polar surface area (TPSA) is 21.3 Å². The molecule has 136 valence electrons. The normalized spacial score (nSPS) is 11.3. The molecule has 4 aromatic carbocycles. The lowest BCUT2D eigenvalue weighted by atomic mass is 10.0. The van der Waals surface area contributed by atoms with Crippen LogP contribution < -0.4 is 10.1 Å².